The number of amides is 4. The van der Waals surface area contributed by atoms with E-state index in [1.807, 2.05) is 69.3 Å². The highest BCUT2D eigenvalue weighted by Gasteiger charge is 2.40. The molecule has 0 saturated carbocycles. The van der Waals surface area contributed by atoms with Crippen molar-refractivity contribution < 1.29 is 23.9 Å². The predicted octanol–water partition coefficient (Wildman–Crippen LogP) is 8.07. The normalized spacial score (nSPS) is 19.6. The van der Waals surface area contributed by atoms with Gasteiger partial charge >= 0.3 is 6.03 Å². The summed E-state index contributed by atoms with van der Waals surface area (Å²) in [4.78, 5) is 44.6. The first kappa shape index (κ1) is 32.5. The SMILES string of the molecule is CCOc1cc(/C=C2\C(=O)NC(=O)N(c3cc4c5c(c3)[C@H](c3ccccc3)CCN5CC[C@@H]4c3ccccc3)C2=O)cc(Cl)c1OC(C)C. The fourth-order valence-corrected chi connectivity index (χ4v) is 7.58. The third kappa shape index (κ3) is 6.17. The average molecular weight is 676 g/mol. The van der Waals surface area contributed by atoms with E-state index in [-0.39, 0.29) is 28.5 Å². The lowest BCUT2D eigenvalue weighted by molar-refractivity contribution is -0.122. The van der Waals surface area contributed by atoms with Crippen molar-refractivity contribution in [1.82, 2.24) is 5.32 Å². The van der Waals surface area contributed by atoms with Crippen LogP contribution in [0.3, 0.4) is 0 Å². The first-order valence-electron chi connectivity index (χ1n) is 16.8. The Kier molecular flexibility index (Phi) is 8.90. The molecule has 8 nitrogen and oxygen atoms in total. The van der Waals surface area contributed by atoms with Crippen molar-refractivity contribution in [1.29, 1.82) is 0 Å². The van der Waals surface area contributed by atoms with Crippen LogP contribution in [0.1, 0.15) is 73.3 Å². The number of anilines is 2. The molecular weight excluding hydrogens is 638 g/mol. The topological polar surface area (TPSA) is 88.2 Å². The molecule has 0 unspecified atom stereocenters. The van der Waals surface area contributed by atoms with E-state index in [0.29, 0.717) is 29.4 Å². The van der Waals surface area contributed by atoms with Crippen LogP contribution in [0.25, 0.3) is 6.08 Å². The number of imide groups is 2. The van der Waals surface area contributed by atoms with E-state index in [4.69, 9.17) is 21.1 Å². The van der Waals surface area contributed by atoms with Crippen LogP contribution in [0.15, 0.2) is 90.5 Å². The molecule has 4 aromatic rings. The van der Waals surface area contributed by atoms with Crippen LogP contribution in [0, 0.1) is 0 Å². The van der Waals surface area contributed by atoms with Crippen molar-refractivity contribution in [3.05, 3.63) is 123 Å². The first-order chi connectivity index (χ1) is 23.7. The lowest BCUT2D eigenvalue weighted by atomic mass is 9.76. The highest BCUT2D eigenvalue weighted by Crippen LogP contribution is 2.50. The minimum atomic E-state index is -0.788. The summed E-state index contributed by atoms with van der Waals surface area (Å²) in [5.41, 5.74) is 6.37. The second kappa shape index (κ2) is 13.4. The van der Waals surface area contributed by atoms with Gasteiger partial charge in [0.25, 0.3) is 11.8 Å². The van der Waals surface area contributed by atoms with E-state index in [2.05, 4.69) is 34.5 Å². The van der Waals surface area contributed by atoms with Crippen molar-refractivity contribution in [3.8, 4) is 11.5 Å². The Morgan fingerprint density at radius 3 is 2.02 bits per heavy atom. The van der Waals surface area contributed by atoms with Gasteiger partial charge in [-0.1, -0.05) is 72.3 Å². The number of urea groups is 1. The molecule has 49 heavy (non-hydrogen) atoms. The van der Waals surface area contributed by atoms with E-state index >= 15 is 0 Å². The van der Waals surface area contributed by atoms with Crippen molar-refractivity contribution in [2.45, 2.75) is 51.6 Å². The van der Waals surface area contributed by atoms with Gasteiger partial charge in [-0.15, -0.1) is 0 Å². The molecule has 1 N–H and O–H groups in total. The summed E-state index contributed by atoms with van der Waals surface area (Å²) in [6, 6.07) is 27.1. The number of halogens is 1. The van der Waals surface area contributed by atoms with Gasteiger partial charge in [0.05, 0.1) is 23.4 Å². The predicted molar refractivity (Wildman–Crippen MR) is 192 cm³/mol. The number of nitrogens with zero attached hydrogens (tertiary/aromatic N) is 2. The van der Waals surface area contributed by atoms with Gasteiger partial charge in [0.2, 0.25) is 0 Å². The van der Waals surface area contributed by atoms with E-state index in [1.54, 1.807) is 12.1 Å². The van der Waals surface area contributed by atoms with E-state index in [9.17, 15) is 14.4 Å². The van der Waals surface area contributed by atoms with Crippen LogP contribution >= 0.6 is 11.6 Å². The number of benzene rings is 4. The number of nitrogens with one attached hydrogen (secondary N) is 1. The monoisotopic (exact) mass is 675 g/mol. The molecule has 3 aliphatic rings. The maximum atomic E-state index is 14.3. The number of hydrogen-bond donors (Lipinski definition) is 1. The standard InChI is InChI=1S/C40H38ClN3O5/c1-4-48-35-21-25(20-34(41)37(35)49-24(2)3)19-33-38(45)42-40(47)44(39(33)46)28-22-31-29(26-11-7-5-8-12-26)15-17-43-18-16-30(32(23-28)36(31)43)27-13-9-6-10-14-27/h5-14,19-24,29-30H,4,15-18H2,1-3H3,(H,42,45,47)/b33-19+/t29-,30+. The molecule has 3 heterocycles. The van der Waals surface area contributed by atoms with Crippen LogP contribution in [0.5, 0.6) is 11.5 Å². The maximum absolute atomic E-state index is 14.3. The summed E-state index contributed by atoms with van der Waals surface area (Å²) in [7, 11) is 0. The second-order valence-corrected chi connectivity index (χ2v) is 13.3. The molecule has 0 aliphatic carbocycles. The molecule has 0 bridgehead atoms. The molecule has 0 radical (unpaired) electrons. The fraction of sp³-hybridized carbons (Fsp3) is 0.275. The molecule has 1 fully saturated rings. The van der Waals surface area contributed by atoms with Crippen molar-refractivity contribution in [2.24, 2.45) is 0 Å². The number of barbiturate groups is 1. The molecule has 1 saturated heterocycles. The molecular formula is C40H38ClN3O5. The summed E-state index contributed by atoms with van der Waals surface area (Å²) in [5.74, 6) is -0.567. The quantitative estimate of drug-likeness (QED) is 0.150. The smallest absolute Gasteiger partial charge is 0.335 e. The van der Waals surface area contributed by atoms with Gasteiger partial charge in [0.1, 0.15) is 5.57 Å². The Morgan fingerprint density at radius 1 is 0.878 bits per heavy atom. The lowest BCUT2D eigenvalue weighted by Crippen LogP contribution is -2.54. The Bertz CT molecular complexity index is 1890. The molecule has 3 aliphatic heterocycles. The van der Waals surface area contributed by atoms with Gasteiger partial charge in [-0.05, 0) is 91.8 Å². The second-order valence-electron chi connectivity index (χ2n) is 12.9. The van der Waals surface area contributed by atoms with Gasteiger partial charge in [-0.2, -0.15) is 0 Å². The van der Waals surface area contributed by atoms with Crippen LogP contribution < -0.4 is 24.6 Å². The Labute approximate surface area is 291 Å². The highest BCUT2D eigenvalue weighted by atomic mass is 35.5. The molecule has 250 valence electrons. The number of hydrogen-bond acceptors (Lipinski definition) is 6. The highest BCUT2D eigenvalue weighted by molar-refractivity contribution is 6.39. The number of carbonyl (C=O) groups is 3. The fourth-order valence-electron chi connectivity index (χ4n) is 7.31. The third-order valence-electron chi connectivity index (χ3n) is 9.36. The van der Waals surface area contributed by atoms with Gasteiger partial charge in [-0.25, -0.2) is 9.69 Å². The Hall–Kier alpha value is -5.08. The lowest BCUT2D eigenvalue weighted by Gasteiger charge is -2.44. The summed E-state index contributed by atoms with van der Waals surface area (Å²) < 4.78 is 11.7. The molecule has 9 heteroatoms. The zero-order chi connectivity index (χ0) is 34.2. The van der Waals surface area contributed by atoms with Crippen LogP contribution in [0.4, 0.5) is 16.2 Å². The minimum Gasteiger partial charge on any atom is -0.490 e. The molecule has 4 aromatic carbocycles. The van der Waals surface area contributed by atoms with Crippen molar-refractivity contribution >= 4 is 46.9 Å². The maximum Gasteiger partial charge on any atom is 0.335 e. The zero-order valence-electron chi connectivity index (χ0n) is 27.7. The van der Waals surface area contributed by atoms with Crippen molar-refractivity contribution in [3.63, 3.8) is 0 Å². The number of rotatable bonds is 8. The summed E-state index contributed by atoms with van der Waals surface area (Å²) in [5, 5.41) is 2.68. The van der Waals surface area contributed by atoms with Gasteiger partial charge in [0, 0.05) is 30.6 Å². The van der Waals surface area contributed by atoms with E-state index in [1.165, 1.54) is 22.9 Å². The van der Waals surface area contributed by atoms with Crippen molar-refractivity contribution in [2.75, 3.05) is 29.5 Å². The Morgan fingerprint density at radius 2 is 1.47 bits per heavy atom. The molecule has 0 aromatic heterocycles. The zero-order valence-corrected chi connectivity index (χ0v) is 28.5. The van der Waals surface area contributed by atoms with E-state index in [0.717, 1.165) is 42.0 Å². The largest absolute Gasteiger partial charge is 0.490 e. The van der Waals surface area contributed by atoms with Crippen LogP contribution in [0.2, 0.25) is 5.02 Å². The third-order valence-corrected chi connectivity index (χ3v) is 9.64. The minimum absolute atomic E-state index is 0.0750. The van der Waals surface area contributed by atoms with Crippen LogP contribution in [-0.4, -0.2) is 43.6 Å². The van der Waals surface area contributed by atoms with E-state index < -0.39 is 17.8 Å². The molecule has 0 spiro atoms. The summed E-state index contributed by atoms with van der Waals surface area (Å²) in [6.45, 7) is 7.80. The summed E-state index contributed by atoms with van der Waals surface area (Å²) in [6.07, 6.45) is 3.09. The summed E-state index contributed by atoms with van der Waals surface area (Å²) >= 11 is 6.61. The Balaban J connectivity index is 1.35. The number of ether oxygens (including phenoxy) is 2. The average Bonchev–Trinajstić information content (AvgIpc) is 3.09. The van der Waals surface area contributed by atoms with Gasteiger partial charge in [-0.3, -0.25) is 14.9 Å². The first-order valence-corrected chi connectivity index (χ1v) is 17.2. The van der Waals surface area contributed by atoms with Crippen LogP contribution in [-0.2, 0) is 9.59 Å². The molecule has 7 rings (SSSR count). The number of carbonyl (C=O) groups excluding carboxylic acids is 3. The van der Waals surface area contributed by atoms with Gasteiger partial charge < -0.3 is 14.4 Å². The van der Waals surface area contributed by atoms with Gasteiger partial charge in [0.15, 0.2) is 11.5 Å². The molecule has 2 atom stereocenters. The molecule has 4 amide bonds.